The molecular weight excluding hydrogens is 206 g/mol. The normalized spacial score (nSPS) is 18.9. The number of amidine groups is 1. The van der Waals surface area contributed by atoms with E-state index < -0.39 is 0 Å². The third-order valence-electron chi connectivity index (χ3n) is 2.64. The van der Waals surface area contributed by atoms with Crippen LogP contribution in [0.25, 0.3) is 0 Å². The molecular formula is C11H17N3S. The minimum Gasteiger partial charge on any atom is -0.374 e. The summed E-state index contributed by atoms with van der Waals surface area (Å²) in [7, 11) is 0. The van der Waals surface area contributed by atoms with Crippen LogP contribution in [0.5, 0.6) is 0 Å². The van der Waals surface area contributed by atoms with Crippen LogP contribution >= 0.6 is 11.5 Å². The molecule has 0 saturated carbocycles. The summed E-state index contributed by atoms with van der Waals surface area (Å²) in [4.78, 5) is 5.94. The van der Waals surface area contributed by atoms with Crippen LogP contribution in [0.4, 0.5) is 0 Å². The van der Waals surface area contributed by atoms with Crippen LogP contribution in [-0.2, 0) is 6.42 Å². The van der Waals surface area contributed by atoms with E-state index in [-0.39, 0.29) is 0 Å². The van der Waals surface area contributed by atoms with Crippen LogP contribution < -0.4 is 5.32 Å². The van der Waals surface area contributed by atoms with Crippen LogP contribution in [0.15, 0.2) is 17.3 Å². The smallest absolute Gasteiger partial charge is 0.0995 e. The predicted molar refractivity (Wildman–Crippen MR) is 64.5 cm³/mol. The highest BCUT2D eigenvalue weighted by Gasteiger charge is 2.13. The Hall–Kier alpha value is -0.900. The van der Waals surface area contributed by atoms with Crippen molar-refractivity contribution in [1.82, 2.24) is 9.69 Å². The summed E-state index contributed by atoms with van der Waals surface area (Å²) >= 11 is 1.59. The molecule has 0 amide bonds. The van der Waals surface area contributed by atoms with E-state index in [4.69, 9.17) is 0 Å². The Morgan fingerprint density at radius 1 is 1.53 bits per heavy atom. The second kappa shape index (κ2) is 5.26. The van der Waals surface area contributed by atoms with E-state index in [1.54, 1.807) is 11.5 Å². The first kappa shape index (κ1) is 10.6. The number of rotatable bonds is 3. The van der Waals surface area contributed by atoms with Gasteiger partial charge in [0.1, 0.15) is 0 Å². The zero-order chi connectivity index (χ0) is 10.5. The van der Waals surface area contributed by atoms with Crippen LogP contribution in [0.2, 0.25) is 0 Å². The minimum absolute atomic E-state index is 0.489. The Bertz CT molecular complexity index is 319. The van der Waals surface area contributed by atoms with Crippen LogP contribution in [-0.4, -0.2) is 23.3 Å². The van der Waals surface area contributed by atoms with Crippen LogP contribution in [0, 0.1) is 5.92 Å². The van der Waals surface area contributed by atoms with E-state index in [0.717, 1.165) is 19.5 Å². The Morgan fingerprint density at radius 3 is 3.27 bits per heavy atom. The monoisotopic (exact) mass is 223 g/mol. The highest BCUT2D eigenvalue weighted by Crippen LogP contribution is 2.13. The van der Waals surface area contributed by atoms with E-state index in [1.165, 1.54) is 23.6 Å². The molecule has 1 N–H and O–H groups in total. The lowest BCUT2D eigenvalue weighted by atomic mass is 10.1. The van der Waals surface area contributed by atoms with Gasteiger partial charge in [-0.1, -0.05) is 6.92 Å². The number of hydrogen-bond donors (Lipinski definition) is 1. The van der Waals surface area contributed by atoms with Gasteiger partial charge in [0.25, 0.3) is 0 Å². The molecule has 0 saturated heterocycles. The van der Waals surface area contributed by atoms with Crippen molar-refractivity contribution in [2.24, 2.45) is 10.9 Å². The molecule has 0 spiro atoms. The number of aliphatic imine (C=N–C) groups is 1. The molecule has 0 aliphatic carbocycles. The van der Waals surface area contributed by atoms with E-state index in [1.807, 2.05) is 6.20 Å². The Labute approximate surface area is 94.8 Å². The summed E-state index contributed by atoms with van der Waals surface area (Å²) in [6.07, 6.45) is 5.37. The predicted octanol–water partition coefficient (Wildman–Crippen LogP) is 2.10. The van der Waals surface area contributed by atoms with Gasteiger partial charge in [0.05, 0.1) is 5.84 Å². The molecule has 2 heterocycles. The Kier molecular flexibility index (Phi) is 3.72. The molecule has 0 radical (unpaired) electrons. The molecule has 4 heteroatoms. The molecule has 1 atom stereocenters. The van der Waals surface area contributed by atoms with E-state index >= 15 is 0 Å². The lowest BCUT2D eigenvalue weighted by Crippen LogP contribution is -2.30. The Balaban J connectivity index is 1.94. The van der Waals surface area contributed by atoms with Gasteiger partial charge < -0.3 is 5.32 Å². The van der Waals surface area contributed by atoms with Gasteiger partial charge in [-0.2, -0.15) is 0 Å². The first-order valence-corrected chi connectivity index (χ1v) is 6.31. The zero-order valence-corrected chi connectivity index (χ0v) is 9.89. The number of aromatic nitrogens is 1. The molecule has 2 rings (SSSR count). The van der Waals surface area contributed by atoms with E-state index in [2.05, 4.69) is 27.7 Å². The highest BCUT2D eigenvalue weighted by atomic mass is 32.1. The fraction of sp³-hybridized carbons (Fsp3) is 0.636. The SMILES string of the molecule is CC(Cc1ccns1)C1=NCCCCN1. The van der Waals surface area contributed by atoms with Crippen molar-refractivity contribution in [3.05, 3.63) is 17.1 Å². The Morgan fingerprint density at radius 2 is 2.47 bits per heavy atom. The van der Waals surface area contributed by atoms with E-state index in [0.29, 0.717) is 5.92 Å². The summed E-state index contributed by atoms with van der Waals surface area (Å²) in [6, 6.07) is 2.10. The minimum atomic E-state index is 0.489. The molecule has 1 aromatic heterocycles. The second-order valence-corrected chi connectivity index (χ2v) is 4.90. The molecule has 0 bridgehead atoms. The summed E-state index contributed by atoms with van der Waals surface area (Å²) in [6.45, 7) is 4.29. The fourth-order valence-electron chi connectivity index (χ4n) is 1.78. The van der Waals surface area contributed by atoms with Crippen molar-refractivity contribution in [3.63, 3.8) is 0 Å². The van der Waals surface area contributed by atoms with Gasteiger partial charge in [0, 0.05) is 30.1 Å². The first-order valence-electron chi connectivity index (χ1n) is 5.54. The average Bonchev–Trinajstić information content (AvgIpc) is 2.58. The van der Waals surface area contributed by atoms with Gasteiger partial charge in [-0.15, -0.1) is 0 Å². The van der Waals surface area contributed by atoms with Crippen molar-refractivity contribution < 1.29 is 0 Å². The molecule has 1 aliphatic heterocycles. The van der Waals surface area contributed by atoms with Gasteiger partial charge >= 0.3 is 0 Å². The molecule has 1 aromatic rings. The van der Waals surface area contributed by atoms with E-state index in [9.17, 15) is 0 Å². The maximum Gasteiger partial charge on any atom is 0.0995 e. The number of nitrogens with zero attached hydrogens (tertiary/aromatic N) is 2. The third kappa shape index (κ3) is 3.02. The second-order valence-electron chi connectivity index (χ2n) is 3.98. The number of hydrogen-bond acceptors (Lipinski definition) is 4. The van der Waals surface area contributed by atoms with Crippen molar-refractivity contribution in [2.45, 2.75) is 26.2 Å². The van der Waals surface area contributed by atoms with Gasteiger partial charge in [-0.25, -0.2) is 4.37 Å². The van der Waals surface area contributed by atoms with Gasteiger partial charge in [-0.3, -0.25) is 4.99 Å². The van der Waals surface area contributed by atoms with Crippen LogP contribution in [0.3, 0.4) is 0 Å². The largest absolute Gasteiger partial charge is 0.374 e. The lowest BCUT2D eigenvalue weighted by Gasteiger charge is -2.13. The average molecular weight is 223 g/mol. The topological polar surface area (TPSA) is 37.3 Å². The van der Waals surface area contributed by atoms with Crippen molar-refractivity contribution in [3.8, 4) is 0 Å². The molecule has 1 aliphatic rings. The lowest BCUT2D eigenvalue weighted by molar-refractivity contribution is 0.714. The summed E-state index contributed by atoms with van der Waals surface area (Å²) in [5.74, 6) is 1.67. The van der Waals surface area contributed by atoms with Crippen molar-refractivity contribution in [1.29, 1.82) is 0 Å². The first-order chi connectivity index (χ1) is 7.36. The molecule has 82 valence electrons. The summed E-state index contributed by atoms with van der Waals surface area (Å²) in [5, 5.41) is 3.43. The van der Waals surface area contributed by atoms with Crippen molar-refractivity contribution >= 4 is 17.4 Å². The molecule has 1 unspecified atom stereocenters. The van der Waals surface area contributed by atoms with Crippen molar-refractivity contribution in [2.75, 3.05) is 13.1 Å². The number of nitrogens with one attached hydrogen (secondary N) is 1. The third-order valence-corrected chi connectivity index (χ3v) is 3.40. The van der Waals surface area contributed by atoms with Gasteiger partial charge in [-0.05, 0) is 36.9 Å². The maximum absolute atomic E-state index is 4.59. The fourth-order valence-corrected chi connectivity index (χ4v) is 2.49. The standard InChI is InChI=1S/C11H17N3S/c1-9(8-10-4-7-14-15-10)11-12-5-2-3-6-13-11/h4,7,9H,2-3,5-6,8H2,1H3,(H,12,13). The summed E-state index contributed by atoms with van der Waals surface area (Å²) < 4.78 is 4.12. The molecule has 0 fully saturated rings. The summed E-state index contributed by atoms with van der Waals surface area (Å²) in [5.41, 5.74) is 0. The van der Waals surface area contributed by atoms with Gasteiger partial charge in [0.15, 0.2) is 0 Å². The molecule has 15 heavy (non-hydrogen) atoms. The quantitative estimate of drug-likeness (QED) is 0.852. The molecule has 3 nitrogen and oxygen atoms in total. The van der Waals surface area contributed by atoms with Gasteiger partial charge in [0.2, 0.25) is 0 Å². The highest BCUT2D eigenvalue weighted by molar-refractivity contribution is 7.05. The molecule has 0 aromatic carbocycles. The maximum atomic E-state index is 4.59. The van der Waals surface area contributed by atoms with Crippen LogP contribution in [0.1, 0.15) is 24.6 Å². The zero-order valence-electron chi connectivity index (χ0n) is 9.07.